The lowest BCUT2D eigenvalue weighted by molar-refractivity contribution is -0.124. The van der Waals surface area contributed by atoms with Crippen LogP contribution in [0.3, 0.4) is 0 Å². The number of carbonyl (C=O) groups is 2. The number of hydrogen-bond acceptors (Lipinski definition) is 7. The van der Waals surface area contributed by atoms with Crippen LogP contribution in [0.2, 0.25) is 0 Å². The molecule has 10 heteroatoms. The summed E-state index contributed by atoms with van der Waals surface area (Å²) in [7, 11) is 0. The van der Waals surface area contributed by atoms with Crippen molar-refractivity contribution in [2.75, 3.05) is 13.1 Å². The molecule has 10 nitrogen and oxygen atoms in total. The Morgan fingerprint density at radius 3 is 1.92 bits per heavy atom. The Balaban J connectivity index is 1.04. The van der Waals surface area contributed by atoms with Crippen LogP contribution in [-0.4, -0.2) is 54.9 Å². The third-order valence-corrected chi connectivity index (χ3v) is 10.4. The number of hydrogen-bond donors (Lipinski definition) is 4. The summed E-state index contributed by atoms with van der Waals surface area (Å²) in [6.07, 6.45) is 11.1. The first-order valence-electron chi connectivity index (χ1n) is 18.1. The monoisotopic (exact) mass is 708 g/mol. The second-order valence-corrected chi connectivity index (χ2v) is 13.8. The third kappa shape index (κ3) is 8.70. The Morgan fingerprint density at radius 2 is 1.30 bits per heavy atom. The van der Waals surface area contributed by atoms with Gasteiger partial charge in [0.2, 0.25) is 0 Å². The first-order chi connectivity index (χ1) is 26.0. The first-order valence-corrected chi connectivity index (χ1v) is 18.1. The molecule has 0 radical (unpaired) electrons. The zero-order valence-electron chi connectivity index (χ0n) is 29.5. The fourth-order valence-corrected chi connectivity index (χ4v) is 7.73. The summed E-state index contributed by atoms with van der Waals surface area (Å²) in [6.45, 7) is 3.59. The van der Waals surface area contributed by atoms with Gasteiger partial charge in [-0.15, -0.1) is 0 Å². The van der Waals surface area contributed by atoms with Crippen molar-refractivity contribution < 1.29 is 20.0 Å². The van der Waals surface area contributed by atoms with Crippen molar-refractivity contribution in [3.8, 4) is 5.69 Å². The molecule has 2 aliphatic rings. The summed E-state index contributed by atoms with van der Waals surface area (Å²) in [4.78, 5) is 27.9. The van der Waals surface area contributed by atoms with Crippen LogP contribution in [0.15, 0.2) is 128 Å². The molecule has 4 aromatic carbocycles. The van der Waals surface area contributed by atoms with E-state index in [1.165, 1.54) is 34.4 Å². The van der Waals surface area contributed by atoms with E-state index in [0.717, 1.165) is 67.9 Å². The van der Waals surface area contributed by atoms with E-state index in [9.17, 15) is 9.59 Å². The summed E-state index contributed by atoms with van der Waals surface area (Å²) < 4.78 is 2.05. The highest BCUT2D eigenvalue weighted by molar-refractivity contribution is 5.91. The molecule has 2 amide bonds. The number of nitrogens with zero attached hydrogens (tertiary/aromatic N) is 4. The van der Waals surface area contributed by atoms with Gasteiger partial charge >= 0.3 is 0 Å². The van der Waals surface area contributed by atoms with Crippen LogP contribution in [0, 0.1) is 0 Å². The molecule has 0 bridgehead atoms. The lowest BCUT2D eigenvalue weighted by Crippen LogP contribution is -2.24. The minimum Gasteiger partial charge on any atom is -0.291 e. The van der Waals surface area contributed by atoms with Crippen molar-refractivity contribution >= 4 is 24.0 Å². The van der Waals surface area contributed by atoms with Crippen molar-refractivity contribution in [3.63, 3.8) is 0 Å². The highest BCUT2D eigenvalue weighted by Gasteiger charge is 2.34. The molecule has 4 N–H and O–H groups in total. The molecule has 0 saturated carbocycles. The zero-order chi connectivity index (χ0) is 36.6. The molecule has 0 aliphatic carbocycles. The number of rotatable bonds is 12. The van der Waals surface area contributed by atoms with Crippen LogP contribution in [0.5, 0.6) is 0 Å². The van der Waals surface area contributed by atoms with Gasteiger partial charge in [0, 0.05) is 50.1 Å². The molecule has 2 fully saturated rings. The van der Waals surface area contributed by atoms with Gasteiger partial charge in [0.05, 0.1) is 11.4 Å². The van der Waals surface area contributed by atoms with E-state index in [1.807, 2.05) is 30.5 Å². The quantitative estimate of drug-likeness (QED) is 0.0627. The lowest BCUT2D eigenvalue weighted by atomic mass is 9.93. The second kappa shape index (κ2) is 16.8. The first kappa shape index (κ1) is 35.7. The summed E-state index contributed by atoms with van der Waals surface area (Å²) in [5.74, 6) is -0.747. The summed E-state index contributed by atoms with van der Waals surface area (Å²) in [5, 5.41) is 22.3. The van der Waals surface area contributed by atoms with Crippen LogP contribution in [-0.2, 0) is 22.7 Å². The van der Waals surface area contributed by atoms with Gasteiger partial charge in [-0.05, 0) is 95.5 Å². The Bertz CT molecular complexity index is 2040. The summed E-state index contributed by atoms with van der Waals surface area (Å²) in [6, 6.07) is 38.7. The van der Waals surface area contributed by atoms with Crippen molar-refractivity contribution in [2.45, 2.75) is 50.4 Å². The van der Waals surface area contributed by atoms with Crippen molar-refractivity contribution in [2.24, 2.45) is 0 Å². The Hall–Kier alpha value is -5.65. The van der Waals surface area contributed by atoms with E-state index in [2.05, 4.69) is 99.4 Å². The molecule has 1 aromatic heterocycles. The summed E-state index contributed by atoms with van der Waals surface area (Å²) >= 11 is 0. The molecule has 53 heavy (non-hydrogen) atoms. The van der Waals surface area contributed by atoms with Gasteiger partial charge < -0.3 is 0 Å². The van der Waals surface area contributed by atoms with Gasteiger partial charge in [0.15, 0.2) is 0 Å². The molecule has 2 saturated heterocycles. The van der Waals surface area contributed by atoms with Gasteiger partial charge in [-0.1, -0.05) is 91.0 Å². The van der Waals surface area contributed by atoms with Crippen LogP contribution >= 0.6 is 0 Å². The molecule has 5 aromatic rings. The van der Waals surface area contributed by atoms with E-state index in [1.54, 1.807) is 23.1 Å². The van der Waals surface area contributed by atoms with E-state index >= 15 is 0 Å². The molecule has 3 unspecified atom stereocenters. The SMILES string of the molecule is O=C(/C=C/c1ccc(C2CCCN2Cc2ccnn2-c2ccc(C3CC(c4ccc(/C=C/C(=O)NO)cc4)N(Cc4ccccc4)C3)cc2)cc1)NO. The minimum atomic E-state index is -0.556. The fourth-order valence-electron chi connectivity index (χ4n) is 7.73. The third-order valence-electron chi connectivity index (χ3n) is 10.4. The molecule has 3 atom stereocenters. The largest absolute Gasteiger partial charge is 0.291 e. The average Bonchev–Trinajstić information content (AvgIpc) is 3.98. The van der Waals surface area contributed by atoms with Gasteiger partial charge in [-0.3, -0.25) is 29.8 Å². The van der Waals surface area contributed by atoms with E-state index in [0.29, 0.717) is 12.0 Å². The number of likely N-dealkylation sites (tertiary alicyclic amines) is 2. The zero-order valence-corrected chi connectivity index (χ0v) is 29.5. The van der Waals surface area contributed by atoms with Gasteiger partial charge in [0.1, 0.15) is 0 Å². The van der Waals surface area contributed by atoms with E-state index in [-0.39, 0.29) is 6.04 Å². The maximum absolute atomic E-state index is 11.5. The number of hydroxylamine groups is 2. The molecule has 0 spiro atoms. The van der Waals surface area contributed by atoms with Crippen LogP contribution < -0.4 is 11.0 Å². The lowest BCUT2D eigenvalue weighted by Gasteiger charge is -2.25. The minimum absolute atomic E-state index is 0.241. The maximum Gasteiger partial charge on any atom is 0.267 e. The molecule has 7 rings (SSSR count). The molecule has 2 aliphatic heterocycles. The topological polar surface area (TPSA) is 123 Å². The standard InChI is InChI=1S/C43H44N6O4/c50-42(45-52)22-12-31-8-14-35(15-9-31)40-7-4-26-47(40)30-39-24-25-44-49(39)38-20-18-34(19-21-38)37-27-41(48(29-37)28-33-5-2-1-3-6-33)36-16-10-32(11-17-36)13-23-43(51)46-53/h1-3,5-6,8-25,37,40-41,52-53H,4,7,26-30H2,(H,45,50)(H,46,51)/b22-12+,23-13+. The van der Waals surface area contributed by atoms with Gasteiger partial charge in [-0.25, -0.2) is 15.6 Å². The van der Waals surface area contributed by atoms with Gasteiger partial charge in [-0.2, -0.15) is 5.10 Å². The Morgan fingerprint density at radius 1 is 0.698 bits per heavy atom. The number of benzene rings is 4. The van der Waals surface area contributed by atoms with Crippen molar-refractivity contribution in [1.82, 2.24) is 30.5 Å². The molecular formula is C43H44N6O4. The Labute approximate surface area is 309 Å². The van der Waals surface area contributed by atoms with Crippen LogP contribution in [0.25, 0.3) is 17.8 Å². The van der Waals surface area contributed by atoms with Crippen molar-refractivity contribution in [1.29, 1.82) is 0 Å². The number of carbonyl (C=O) groups excluding carboxylic acids is 2. The number of aromatic nitrogens is 2. The predicted octanol–water partition coefficient (Wildman–Crippen LogP) is 6.98. The highest BCUT2D eigenvalue weighted by Crippen LogP contribution is 2.42. The fraction of sp³-hybridized carbons (Fsp3) is 0.233. The smallest absolute Gasteiger partial charge is 0.267 e. The molecule has 3 heterocycles. The predicted molar refractivity (Wildman–Crippen MR) is 204 cm³/mol. The van der Waals surface area contributed by atoms with Crippen LogP contribution in [0.1, 0.15) is 76.3 Å². The maximum atomic E-state index is 11.5. The van der Waals surface area contributed by atoms with Crippen molar-refractivity contribution in [3.05, 3.63) is 167 Å². The number of nitrogens with one attached hydrogen (secondary N) is 2. The molecule has 270 valence electrons. The van der Waals surface area contributed by atoms with E-state index in [4.69, 9.17) is 15.5 Å². The van der Waals surface area contributed by atoms with Gasteiger partial charge in [0.25, 0.3) is 11.8 Å². The highest BCUT2D eigenvalue weighted by atomic mass is 16.5. The summed E-state index contributed by atoms with van der Waals surface area (Å²) in [5.41, 5.74) is 12.3. The average molecular weight is 709 g/mol. The Kier molecular flexibility index (Phi) is 11.3. The second-order valence-electron chi connectivity index (χ2n) is 13.8. The van der Waals surface area contributed by atoms with Crippen LogP contribution in [0.4, 0.5) is 0 Å². The van der Waals surface area contributed by atoms with E-state index < -0.39 is 11.8 Å². The normalized spacial score (nSPS) is 19.3. The molecular weight excluding hydrogens is 665 g/mol. The number of amides is 2.